The molecule has 2 aromatic rings. The third-order valence-electron chi connectivity index (χ3n) is 5.86. The van der Waals surface area contributed by atoms with Gasteiger partial charge in [0.25, 0.3) is 0 Å². The fourth-order valence-corrected chi connectivity index (χ4v) is 4.39. The van der Waals surface area contributed by atoms with Crippen molar-refractivity contribution in [1.82, 2.24) is 0 Å². The highest BCUT2D eigenvalue weighted by Crippen LogP contribution is 2.49. The van der Waals surface area contributed by atoms with Crippen molar-refractivity contribution < 1.29 is 24.1 Å². The molecule has 0 amide bonds. The molecular weight excluding hydrogens is 416 g/mol. The van der Waals surface area contributed by atoms with Gasteiger partial charge in [-0.1, -0.05) is 42.8 Å². The van der Waals surface area contributed by atoms with Gasteiger partial charge in [-0.15, -0.1) is 0 Å². The molecule has 1 aliphatic heterocycles. The molecular formula is C25H29ClO5. The summed E-state index contributed by atoms with van der Waals surface area (Å²) in [5.74, 6) is 0.269. The van der Waals surface area contributed by atoms with Crippen LogP contribution in [0.25, 0.3) is 0 Å². The number of carboxylic acids is 1. The normalized spacial score (nSPS) is 23.2. The van der Waals surface area contributed by atoms with E-state index in [1.54, 1.807) is 13.2 Å². The van der Waals surface area contributed by atoms with Crippen molar-refractivity contribution in [3.8, 4) is 11.5 Å². The van der Waals surface area contributed by atoms with Gasteiger partial charge in [-0.2, -0.15) is 0 Å². The van der Waals surface area contributed by atoms with Gasteiger partial charge in [0.05, 0.1) is 19.3 Å². The summed E-state index contributed by atoms with van der Waals surface area (Å²) in [6.07, 6.45) is 1.41. The summed E-state index contributed by atoms with van der Waals surface area (Å²) in [5.41, 5.74) is 3.01. The van der Waals surface area contributed by atoms with E-state index in [1.165, 1.54) is 5.56 Å². The maximum atomic E-state index is 11.1. The van der Waals surface area contributed by atoms with Crippen LogP contribution in [0.4, 0.5) is 0 Å². The summed E-state index contributed by atoms with van der Waals surface area (Å²) in [7, 11) is 1.56. The molecule has 3 rings (SSSR count). The topological polar surface area (TPSA) is 65.0 Å². The molecule has 0 unspecified atom stereocenters. The molecule has 0 aliphatic carbocycles. The number of carbonyl (C=O) groups is 1. The number of aliphatic carboxylic acids is 1. The van der Waals surface area contributed by atoms with Crippen molar-refractivity contribution in [2.24, 2.45) is 5.92 Å². The van der Waals surface area contributed by atoms with E-state index < -0.39 is 12.6 Å². The fraction of sp³-hybridized carbons (Fsp3) is 0.400. The third-order valence-corrected chi connectivity index (χ3v) is 6.11. The van der Waals surface area contributed by atoms with Crippen LogP contribution in [0.2, 0.25) is 5.02 Å². The molecule has 4 atom stereocenters. The van der Waals surface area contributed by atoms with E-state index in [9.17, 15) is 4.79 Å². The van der Waals surface area contributed by atoms with Crippen LogP contribution in [-0.4, -0.2) is 30.9 Å². The Hall–Kier alpha value is -2.50. The van der Waals surface area contributed by atoms with Crippen LogP contribution >= 0.6 is 11.6 Å². The van der Waals surface area contributed by atoms with Crippen molar-refractivity contribution in [2.75, 3.05) is 13.7 Å². The zero-order valence-electron chi connectivity index (χ0n) is 18.1. The molecule has 0 spiro atoms. The van der Waals surface area contributed by atoms with Gasteiger partial charge in [-0.25, -0.2) is 4.79 Å². The van der Waals surface area contributed by atoms with E-state index in [0.29, 0.717) is 16.5 Å². The zero-order valence-corrected chi connectivity index (χ0v) is 18.9. The standard InChI is InChI=1S/C25H29ClO5/c1-5-22-21(16-6-8-17(26)9-7-16)13-20(15(2)3)25(31-22)19-11-10-18(29-4)12-23(19)30-14-24(27)28/h6-12,20-22,25H,2,5,13-14H2,1,3-4H3,(H,27,28)/t20-,21-,22+,25-/m1/s1. The van der Waals surface area contributed by atoms with Gasteiger partial charge in [-0.3, -0.25) is 0 Å². The van der Waals surface area contributed by atoms with Crippen LogP contribution in [0.15, 0.2) is 54.6 Å². The van der Waals surface area contributed by atoms with Crippen LogP contribution in [0.1, 0.15) is 49.8 Å². The first kappa shape index (κ1) is 23.2. The Bertz CT molecular complexity index is 924. The fourth-order valence-electron chi connectivity index (χ4n) is 4.26. The van der Waals surface area contributed by atoms with Gasteiger partial charge in [0.1, 0.15) is 11.5 Å². The predicted molar refractivity (Wildman–Crippen MR) is 121 cm³/mol. The zero-order chi connectivity index (χ0) is 22.5. The van der Waals surface area contributed by atoms with Gasteiger partial charge >= 0.3 is 5.97 Å². The van der Waals surface area contributed by atoms with Crippen molar-refractivity contribution in [3.05, 3.63) is 70.8 Å². The van der Waals surface area contributed by atoms with Crippen molar-refractivity contribution >= 4 is 17.6 Å². The number of ether oxygens (including phenoxy) is 3. The molecule has 2 aromatic carbocycles. The molecule has 1 N–H and O–H groups in total. The van der Waals surface area contributed by atoms with Crippen molar-refractivity contribution in [1.29, 1.82) is 0 Å². The number of methoxy groups -OCH3 is 1. The largest absolute Gasteiger partial charge is 0.497 e. The lowest BCUT2D eigenvalue weighted by Gasteiger charge is -2.43. The van der Waals surface area contributed by atoms with Gasteiger partial charge in [0, 0.05) is 28.5 Å². The summed E-state index contributed by atoms with van der Waals surface area (Å²) in [4.78, 5) is 11.1. The molecule has 0 aromatic heterocycles. The summed E-state index contributed by atoms with van der Waals surface area (Å²) in [6.45, 7) is 7.91. The Morgan fingerprint density at radius 2 is 1.97 bits per heavy atom. The molecule has 31 heavy (non-hydrogen) atoms. The Balaban J connectivity index is 1.98. The van der Waals surface area contributed by atoms with E-state index in [1.807, 2.05) is 31.2 Å². The maximum absolute atomic E-state index is 11.1. The molecule has 5 nitrogen and oxygen atoms in total. The van der Waals surface area contributed by atoms with E-state index >= 15 is 0 Å². The van der Waals surface area contributed by atoms with Crippen molar-refractivity contribution in [3.63, 3.8) is 0 Å². The lowest BCUT2D eigenvalue weighted by molar-refractivity contribution is -0.139. The molecule has 0 radical (unpaired) electrons. The molecule has 0 bridgehead atoms. The first-order valence-corrected chi connectivity index (χ1v) is 10.8. The number of carboxylic acid groups (broad SMARTS) is 1. The summed E-state index contributed by atoms with van der Waals surface area (Å²) < 4.78 is 17.6. The summed E-state index contributed by atoms with van der Waals surface area (Å²) in [5, 5.41) is 9.80. The molecule has 166 valence electrons. The molecule has 0 saturated carbocycles. The lowest BCUT2D eigenvalue weighted by atomic mass is 9.75. The van der Waals surface area contributed by atoms with Gasteiger partial charge in [-0.05, 0) is 49.6 Å². The predicted octanol–water partition coefficient (Wildman–Crippen LogP) is 6.03. The second-order valence-electron chi connectivity index (χ2n) is 7.94. The van der Waals surface area contributed by atoms with Gasteiger partial charge in [0.2, 0.25) is 0 Å². The van der Waals surface area contributed by atoms with Crippen LogP contribution in [0.5, 0.6) is 11.5 Å². The molecule has 1 fully saturated rings. The second-order valence-corrected chi connectivity index (χ2v) is 8.37. The monoisotopic (exact) mass is 444 g/mol. The molecule has 6 heteroatoms. The Morgan fingerprint density at radius 3 is 2.55 bits per heavy atom. The van der Waals surface area contributed by atoms with Crippen LogP contribution in [0, 0.1) is 5.92 Å². The second kappa shape index (κ2) is 10.2. The van der Waals surface area contributed by atoms with E-state index in [0.717, 1.165) is 24.0 Å². The number of benzene rings is 2. The molecule has 1 aliphatic rings. The first-order valence-electron chi connectivity index (χ1n) is 10.4. The maximum Gasteiger partial charge on any atom is 0.341 e. The Kier molecular flexibility index (Phi) is 7.63. The SMILES string of the molecule is C=C(C)[C@H]1C[C@H](c2ccc(Cl)cc2)[C@H](CC)O[C@@H]1c1ccc(OC)cc1OCC(=O)O. The molecule has 1 heterocycles. The summed E-state index contributed by atoms with van der Waals surface area (Å²) in [6, 6.07) is 13.4. The van der Waals surface area contributed by atoms with Crippen LogP contribution in [-0.2, 0) is 9.53 Å². The quantitative estimate of drug-likeness (QED) is 0.503. The smallest absolute Gasteiger partial charge is 0.341 e. The lowest BCUT2D eigenvalue weighted by Crippen LogP contribution is -2.36. The summed E-state index contributed by atoms with van der Waals surface area (Å²) >= 11 is 6.09. The highest BCUT2D eigenvalue weighted by atomic mass is 35.5. The highest BCUT2D eigenvalue weighted by Gasteiger charge is 2.40. The van der Waals surface area contributed by atoms with E-state index in [-0.39, 0.29) is 24.0 Å². The van der Waals surface area contributed by atoms with Gasteiger partial charge < -0.3 is 19.3 Å². The average Bonchev–Trinajstić information content (AvgIpc) is 2.77. The minimum atomic E-state index is -1.04. The first-order chi connectivity index (χ1) is 14.8. The number of hydrogen-bond acceptors (Lipinski definition) is 4. The molecule has 1 saturated heterocycles. The Labute approximate surface area is 188 Å². The van der Waals surface area contributed by atoms with Crippen molar-refractivity contribution in [2.45, 2.75) is 44.8 Å². The number of hydrogen-bond donors (Lipinski definition) is 1. The Morgan fingerprint density at radius 1 is 1.26 bits per heavy atom. The third kappa shape index (κ3) is 5.41. The minimum absolute atomic E-state index is 0.00352. The average molecular weight is 445 g/mol. The minimum Gasteiger partial charge on any atom is -0.497 e. The van der Waals surface area contributed by atoms with E-state index in [4.69, 9.17) is 30.9 Å². The van der Waals surface area contributed by atoms with E-state index in [2.05, 4.69) is 25.6 Å². The van der Waals surface area contributed by atoms with Crippen LogP contribution in [0.3, 0.4) is 0 Å². The number of rotatable bonds is 8. The van der Waals surface area contributed by atoms with Crippen LogP contribution < -0.4 is 9.47 Å². The van der Waals surface area contributed by atoms with Gasteiger partial charge in [0.15, 0.2) is 6.61 Å². The number of halogens is 1. The highest BCUT2D eigenvalue weighted by molar-refractivity contribution is 6.30.